The van der Waals surface area contributed by atoms with E-state index in [9.17, 15) is 4.79 Å². The molecule has 1 aromatic carbocycles. The Morgan fingerprint density at radius 1 is 1.32 bits per heavy atom. The van der Waals surface area contributed by atoms with Gasteiger partial charge in [-0.2, -0.15) is 0 Å². The van der Waals surface area contributed by atoms with Crippen LogP contribution < -0.4 is 4.74 Å². The molecule has 3 heterocycles. The second-order valence-corrected chi connectivity index (χ2v) is 5.76. The molecule has 8 heteroatoms. The van der Waals surface area contributed by atoms with Crippen LogP contribution in [0.3, 0.4) is 0 Å². The minimum absolute atomic E-state index is 0.206. The molecule has 4 rings (SSSR count). The summed E-state index contributed by atoms with van der Waals surface area (Å²) in [4.78, 5) is 14.5. The molecule has 1 aliphatic heterocycles. The molecule has 1 amide bonds. The lowest BCUT2D eigenvalue weighted by Gasteiger charge is -2.30. The summed E-state index contributed by atoms with van der Waals surface area (Å²) in [5.41, 5.74) is 0.561. The number of fused-ring (bicyclic) bond motifs is 1. The predicted molar refractivity (Wildman–Crippen MR) is 86.4 cm³/mol. The van der Waals surface area contributed by atoms with Crippen molar-refractivity contribution >= 4 is 16.9 Å². The third kappa shape index (κ3) is 2.85. The van der Waals surface area contributed by atoms with Crippen molar-refractivity contribution in [2.45, 2.75) is 13.0 Å². The largest absolute Gasteiger partial charge is 0.493 e. The lowest BCUT2D eigenvalue weighted by Crippen LogP contribution is -2.42. The van der Waals surface area contributed by atoms with Gasteiger partial charge in [0, 0.05) is 18.9 Å². The van der Waals surface area contributed by atoms with E-state index in [-0.39, 0.29) is 11.7 Å². The number of furan rings is 1. The standard InChI is InChI=1S/C17H17N3O5/c1-10-18-19-16(24-10)14-9-20(6-7-23-14)17(21)13-8-11-4-3-5-12(22-2)15(11)25-13/h3-5,8,14H,6-7,9H2,1-2H3/t14-/m1/s1. The fourth-order valence-electron chi connectivity index (χ4n) is 2.88. The number of aryl methyl sites for hydroxylation is 1. The van der Waals surface area contributed by atoms with Crippen LogP contribution in [0.25, 0.3) is 11.0 Å². The van der Waals surface area contributed by atoms with E-state index in [1.807, 2.05) is 12.1 Å². The molecule has 1 atom stereocenters. The molecule has 8 nitrogen and oxygen atoms in total. The normalized spacial score (nSPS) is 17.8. The van der Waals surface area contributed by atoms with Gasteiger partial charge in [0.15, 0.2) is 23.2 Å². The molecule has 0 aliphatic carbocycles. The smallest absolute Gasteiger partial charge is 0.289 e. The molecule has 1 fully saturated rings. The SMILES string of the molecule is COc1cccc2cc(C(=O)N3CCO[C@@H](c4nnc(C)o4)C3)oc12. The Hall–Kier alpha value is -2.87. The maximum absolute atomic E-state index is 12.8. The van der Waals surface area contributed by atoms with Crippen LogP contribution in [0, 0.1) is 6.92 Å². The molecule has 1 aliphatic rings. The number of aromatic nitrogens is 2. The van der Waals surface area contributed by atoms with E-state index in [4.69, 9.17) is 18.3 Å². The number of para-hydroxylation sites is 1. The van der Waals surface area contributed by atoms with Crippen LogP contribution in [0.15, 0.2) is 33.1 Å². The van der Waals surface area contributed by atoms with Gasteiger partial charge in [0.05, 0.1) is 20.3 Å². The van der Waals surface area contributed by atoms with Crippen LogP contribution >= 0.6 is 0 Å². The van der Waals surface area contributed by atoms with Crippen molar-refractivity contribution in [2.24, 2.45) is 0 Å². The zero-order chi connectivity index (χ0) is 17.4. The highest BCUT2D eigenvalue weighted by atomic mass is 16.5. The van der Waals surface area contributed by atoms with Crippen LogP contribution in [0.4, 0.5) is 0 Å². The van der Waals surface area contributed by atoms with Crippen LogP contribution in [-0.2, 0) is 4.74 Å². The molecule has 3 aromatic rings. The summed E-state index contributed by atoms with van der Waals surface area (Å²) in [5, 5.41) is 8.60. The van der Waals surface area contributed by atoms with Gasteiger partial charge in [-0.1, -0.05) is 12.1 Å². The van der Waals surface area contributed by atoms with Gasteiger partial charge in [-0.25, -0.2) is 0 Å². The van der Waals surface area contributed by atoms with E-state index in [0.717, 1.165) is 5.39 Å². The summed E-state index contributed by atoms with van der Waals surface area (Å²) in [7, 11) is 1.57. The van der Waals surface area contributed by atoms with E-state index in [2.05, 4.69) is 10.2 Å². The number of methoxy groups -OCH3 is 1. The number of hydrogen-bond donors (Lipinski definition) is 0. The first-order chi connectivity index (χ1) is 12.2. The van der Waals surface area contributed by atoms with E-state index < -0.39 is 6.10 Å². The molecular weight excluding hydrogens is 326 g/mol. The third-order valence-corrected chi connectivity index (χ3v) is 4.11. The number of nitrogens with zero attached hydrogens (tertiary/aromatic N) is 3. The summed E-state index contributed by atoms with van der Waals surface area (Å²) in [5.74, 6) is 1.50. The van der Waals surface area contributed by atoms with Crippen LogP contribution in [0.2, 0.25) is 0 Å². The molecular formula is C17H17N3O5. The second kappa shape index (κ2) is 6.21. The molecule has 25 heavy (non-hydrogen) atoms. The molecule has 1 saturated heterocycles. The van der Waals surface area contributed by atoms with Gasteiger partial charge in [0.2, 0.25) is 11.8 Å². The monoisotopic (exact) mass is 343 g/mol. The number of carbonyl (C=O) groups is 1. The lowest BCUT2D eigenvalue weighted by atomic mass is 10.2. The maximum atomic E-state index is 12.8. The van der Waals surface area contributed by atoms with Crippen molar-refractivity contribution in [1.82, 2.24) is 15.1 Å². The fraction of sp³-hybridized carbons (Fsp3) is 0.353. The zero-order valence-electron chi connectivity index (χ0n) is 13.9. The van der Waals surface area contributed by atoms with E-state index in [1.165, 1.54) is 0 Å². The van der Waals surface area contributed by atoms with E-state index >= 15 is 0 Å². The van der Waals surface area contributed by atoms with Crippen molar-refractivity contribution in [3.8, 4) is 5.75 Å². The number of hydrogen-bond acceptors (Lipinski definition) is 7. The molecule has 0 spiro atoms. The average molecular weight is 343 g/mol. The average Bonchev–Trinajstić information content (AvgIpc) is 3.27. The first kappa shape index (κ1) is 15.6. The minimum Gasteiger partial charge on any atom is -0.493 e. The molecule has 0 radical (unpaired) electrons. The molecule has 130 valence electrons. The van der Waals surface area contributed by atoms with Gasteiger partial charge in [0.1, 0.15) is 0 Å². The Bertz CT molecular complexity index is 916. The highest BCUT2D eigenvalue weighted by Gasteiger charge is 2.31. The summed E-state index contributed by atoms with van der Waals surface area (Å²) < 4.78 is 22.1. The Labute approximate surface area is 143 Å². The Kier molecular flexibility index (Phi) is 3.89. The van der Waals surface area contributed by atoms with Crippen molar-refractivity contribution in [3.05, 3.63) is 41.8 Å². The number of morpholine rings is 1. The first-order valence-electron chi connectivity index (χ1n) is 7.93. The van der Waals surface area contributed by atoms with Crippen LogP contribution in [0.5, 0.6) is 5.75 Å². The number of rotatable bonds is 3. The molecule has 2 aromatic heterocycles. The number of ether oxygens (including phenoxy) is 2. The van der Waals surface area contributed by atoms with Crippen LogP contribution in [0.1, 0.15) is 28.4 Å². The summed E-state index contributed by atoms with van der Waals surface area (Å²) >= 11 is 0. The number of benzene rings is 1. The Morgan fingerprint density at radius 3 is 2.96 bits per heavy atom. The Morgan fingerprint density at radius 2 is 2.20 bits per heavy atom. The summed E-state index contributed by atoms with van der Waals surface area (Å²) in [6.07, 6.45) is -0.433. The topological polar surface area (TPSA) is 90.8 Å². The van der Waals surface area contributed by atoms with Crippen molar-refractivity contribution in [2.75, 3.05) is 26.8 Å². The molecule has 0 N–H and O–H groups in total. The minimum atomic E-state index is -0.433. The highest BCUT2D eigenvalue weighted by molar-refractivity contribution is 5.97. The number of amides is 1. The lowest BCUT2D eigenvalue weighted by molar-refractivity contribution is -0.0356. The highest BCUT2D eigenvalue weighted by Crippen LogP contribution is 2.30. The van der Waals surface area contributed by atoms with Gasteiger partial charge in [-0.05, 0) is 12.1 Å². The predicted octanol–water partition coefficient (Wildman–Crippen LogP) is 2.35. The van der Waals surface area contributed by atoms with Crippen molar-refractivity contribution in [1.29, 1.82) is 0 Å². The maximum Gasteiger partial charge on any atom is 0.289 e. The van der Waals surface area contributed by atoms with Crippen molar-refractivity contribution < 1.29 is 23.1 Å². The Balaban J connectivity index is 1.58. The number of carbonyl (C=O) groups excluding carboxylic acids is 1. The van der Waals surface area contributed by atoms with Crippen molar-refractivity contribution in [3.63, 3.8) is 0 Å². The van der Waals surface area contributed by atoms with E-state index in [0.29, 0.717) is 42.8 Å². The zero-order valence-corrected chi connectivity index (χ0v) is 13.9. The second-order valence-electron chi connectivity index (χ2n) is 5.76. The van der Waals surface area contributed by atoms with Gasteiger partial charge in [0.25, 0.3) is 5.91 Å². The first-order valence-corrected chi connectivity index (χ1v) is 7.93. The van der Waals surface area contributed by atoms with Gasteiger partial charge in [-0.3, -0.25) is 4.79 Å². The fourth-order valence-corrected chi connectivity index (χ4v) is 2.88. The van der Waals surface area contributed by atoms with E-state index in [1.54, 1.807) is 31.1 Å². The van der Waals surface area contributed by atoms with Crippen LogP contribution in [-0.4, -0.2) is 47.8 Å². The summed E-state index contributed by atoms with van der Waals surface area (Å²) in [6, 6.07) is 7.25. The molecule has 0 bridgehead atoms. The quantitative estimate of drug-likeness (QED) is 0.721. The van der Waals surface area contributed by atoms with Gasteiger partial charge >= 0.3 is 0 Å². The molecule has 0 unspecified atom stereocenters. The third-order valence-electron chi connectivity index (χ3n) is 4.11. The van der Waals surface area contributed by atoms with Gasteiger partial charge < -0.3 is 23.2 Å². The summed E-state index contributed by atoms with van der Waals surface area (Å²) in [6.45, 7) is 2.90. The molecule has 0 saturated carbocycles. The van der Waals surface area contributed by atoms with Gasteiger partial charge in [-0.15, -0.1) is 10.2 Å².